The Kier molecular flexibility index (Phi) is 4.14. The van der Waals surface area contributed by atoms with Gasteiger partial charge in [-0.2, -0.15) is 0 Å². The van der Waals surface area contributed by atoms with Crippen molar-refractivity contribution in [3.05, 3.63) is 30.1 Å². The number of amides is 2. The molecule has 2 fully saturated rings. The summed E-state index contributed by atoms with van der Waals surface area (Å²) in [5.41, 5.74) is 1.14. The highest BCUT2D eigenvalue weighted by molar-refractivity contribution is 5.89. The molecule has 2 aliphatic rings. The lowest BCUT2D eigenvalue weighted by Crippen LogP contribution is -2.38. The summed E-state index contributed by atoms with van der Waals surface area (Å²) in [7, 11) is 0. The number of carbonyl (C=O) groups is 2. The number of rotatable bonds is 3. The second kappa shape index (κ2) is 6.07. The molecule has 0 radical (unpaired) electrons. The molecule has 1 aromatic heterocycles. The molecule has 0 N–H and O–H groups in total. The van der Waals surface area contributed by atoms with Crippen LogP contribution in [0.5, 0.6) is 0 Å². The van der Waals surface area contributed by atoms with Crippen molar-refractivity contribution >= 4 is 11.8 Å². The van der Waals surface area contributed by atoms with Gasteiger partial charge in [-0.15, -0.1) is 0 Å². The smallest absolute Gasteiger partial charge is 0.228 e. The molecule has 2 aliphatic heterocycles. The van der Waals surface area contributed by atoms with Crippen molar-refractivity contribution in [2.45, 2.75) is 45.2 Å². The Morgan fingerprint density at radius 1 is 1.32 bits per heavy atom. The summed E-state index contributed by atoms with van der Waals surface area (Å²) in [6.07, 6.45) is 5.92. The number of nitrogens with zero attached hydrogens (tertiary/aromatic N) is 3. The highest BCUT2D eigenvalue weighted by Crippen LogP contribution is 2.34. The Morgan fingerprint density at radius 2 is 2.05 bits per heavy atom. The van der Waals surface area contributed by atoms with Gasteiger partial charge in [0.2, 0.25) is 11.8 Å². The van der Waals surface area contributed by atoms with Gasteiger partial charge in [-0.25, -0.2) is 0 Å². The quantitative estimate of drug-likeness (QED) is 0.858. The molecular weight excluding hydrogens is 278 g/mol. The number of pyridine rings is 1. The van der Waals surface area contributed by atoms with Gasteiger partial charge in [0.05, 0.1) is 12.0 Å². The number of aromatic nitrogens is 1. The van der Waals surface area contributed by atoms with Gasteiger partial charge >= 0.3 is 0 Å². The summed E-state index contributed by atoms with van der Waals surface area (Å²) in [5, 5.41) is 0. The van der Waals surface area contributed by atoms with Crippen molar-refractivity contribution < 1.29 is 9.59 Å². The molecule has 3 heterocycles. The van der Waals surface area contributed by atoms with Crippen molar-refractivity contribution in [1.29, 1.82) is 0 Å². The van der Waals surface area contributed by atoms with Crippen LogP contribution in [0.2, 0.25) is 0 Å². The summed E-state index contributed by atoms with van der Waals surface area (Å²) in [5.74, 6) is 0.0566. The van der Waals surface area contributed by atoms with E-state index in [2.05, 4.69) is 4.98 Å². The Balaban J connectivity index is 1.73. The Hall–Kier alpha value is -1.91. The van der Waals surface area contributed by atoms with Crippen LogP contribution in [0, 0.1) is 5.92 Å². The van der Waals surface area contributed by atoms with Crippen molar-refractivity contribution in [1.82, 2.24) is 14.8 Å². The van der Waals surface area contributed by atoms with Gasteiger partial charge in [0.25, 0.3) is 0 Å². The van der Waals surface area contributed by atoms with Crippen LogP contribution in [-0.4, -0.2) is 45.7 Å². The summed E-state index contributed by atoms with van der Waals surface area (Å²) in [6, 6.07) is 4.27. The van der Waals surface area contributed by atoms with E-state index >= 15 is 0 Å². The highest BCUT2D eigenvalue weighted by Gasteiger charge is 2.40. The first-order valence-electron chi connectivity index (χ1n) is 8.08. The summed E-state index contributed by atoms with van der Waals surface area (Å²) in [6.45, 7) is 5.36. The standard InChI is InChI=1S/C17H23N3O2/c1-12(2)20-11-14(10-16(20)21)17(22)19-9-3-4-15(19)13-5-7-18-8-6-13/h5-8,12,14-15H,3-4,9-11H2,1-2H3/t14-,15+/m0/s1. The van der Waals surface area contributed by atoms with Gasteiger partial charge in [0.1, 0.15) is 0 Å². The first-order chi connectivity index (χ1) is 10.6. The third-order valence-electron chi connectivity index (χ3n) is 4.76. The maximum absolute atomic E-state index is 12.9. The third-order valence-corrected chi connectivity index (χ3v) is 4.76. The van der Waals surface area contributed by atoms with E-state index in [1.165, 1.54) is 0 Å². The van der Waals surface area contributed by atoms with E-state index in [9.17, 15) is 9.59 Å². The van der Waals surface area contributed by atoms with E-state index in [4.69, 9.17) is 0 Å². The first kappa shape index (κ1) is 15.0. The number of hydrogen-bond acceptors (Lipinski definition) is 3. The van der Waals surface area contributed by atoms with Crippen LogP contribution in [0.1, 0.15) is 44.7 Å². The topological polar surface area (TPSA) is 53.5 Å². The molecule has 2 saturated heterocycles. The normalized spacial score (nSPS) is 25.3. The van der Waals surface area contributed by atoms with E-state index in [-0.39, 0.29) is 29.8 Å². The lowest BCUT2D eigenvalue weighted by Gasteiger charge is -2.28. The lowest BCUT2D eigenvalue weighted by atomic mass is 10.0. The molecule has 0 aliphatic carbocycles. The molecule has 2 atom stereocenters. The number of carbonyl (C=O) groups excluding carboxylic acids is 2. The van der Waals surface area contributed by atoms with Crippen molar-refractivity contribution in [2.24, 2.45) is 5.92 Å². The van der Waals surface area contributed by atoms with Crippen LogP contribution < -0.4 is 0 Å². The van der Waals surface area contributed by atoms with E-state index in [0.717, 1.165) is 24.9 Å². The van der Waals surface area contributed by atoms with Crippen molar-refractivity contribution in [2.75, 3.05) is 13.1 Å². The highest BCUT2D eigenvalue weighted by atomic mass is 16.2. The van der Waals surface area contributed by atoms with Crippen LogP contribution in [0.25, 0.3) is 0 Å². The van der Waals surface area contributed by atoms with Gasteiger partial charge in [-0.05, 0) is 44.4 Å². The zero-order chi connectivity index (χ0) is 15.7. The first-order valence-corrected chi connectivity index (χ1v) is 8.08. The van der Waals surface area contributed by atoms with E-state index in [1.807, 2.05) is 35.8 Å². The molecule has 0 bridgehead atoms. The summed E-state index contributed by atoms with van der Waals surface area (Å²) >= 11 is 0. The predicted octanol–water partition coefficient (Wildman–Crippen LogP) is 2.00. The van der Waals surface area contributed by atoms with Gasteiger partial charge in [-0.1, -0.05) is 0 Å². The minimum absolute atomic E-state index is 0.105. The van der Waals surface area contributed by atoms with Crippen LogP contribution in [0.15, 0.2) is 24.5 Å². The Labute approximate surface area is 131 Å². The summed E-state index contributed by atoms with van der Waals surface area (Å²) < 4.78 is 0. The molecule has 1 aromatic rings. The van der Waals surface area contributed by atoms with Gasteiger partial charge in [0, 0.05) is 37.9 Å². The zero-order valence-electron chi connectivity index (χ0n) is 13.2. The average molecular weight is 301 g/mol. The largest absolute Gasteiger partial charge is 0.339 e. The third kappa shape index (κ3) is 2.72. The molecular formula is C17H23N3O2. The van der Waals surface area contributed by atoms with Crippen LogP contribution in [0.4, 0.5) is 0 Å². The number of hydrogen-bond donors (Lipinski definition) is 0. The molecule has 5 heteroatoms. The molecule has 2 amide bonds. The van der Waals surface area contributed by atoms with Crippen molar-refractivity contribution in [3.8, 4) is 0 Å². The minimum Gasteiger partial charge on any atom is -0.339 e. The van der Waals surface area contributed by atoms with Crippen LogP contribution in [-0.2, 0) is 9.59 Å². The molecule has 22 heavy (non-hydrogen) atoms. The minimum atomic E-state index is -0.183. The molecule has 0 aromatic carbocycles. The predicted molar refractivity (Wildman–Crippen MR) is 82.9 cm³/mol. The van der Waals surface area contributed by atoms with E-state index < -0.39 is 0 Å². The molecule has 0 saturated carbocycles. The van der Waals surface area contributed by atoms with Crippen molar-refractivity contribution in [3.63, 3.8) is 0 Å². The van der Waals surface area contributed by atoms with Gasteiger partial charge < -0.3 is 9.80 Å². The second-order valence-electron chi connectivity index (χ2n) is 6.51. The monoisotopic (exact) mass is 301 g/mol. The maximum Gasteiger partial charge on any atom is 0.228 e. The number of likely N-dealkylation sites (tertiary alicyclic amines) is 2. The average Bonchev–Trinajstić information content (AvgIpc) is 3.14. The molecule has 0 spiro atoms. The Morgan fingerprint density at radius 3 is 2.68 bits per heavy atom. The SMILES string of the molecule is CC(C)N1C[C@@H](C(=O)N2CCC[C@@H]2c2ccncc2)CC1=O. The van der Waals surface area contributed by atoms with Gasteiger partial charge in [0.15, 0.2) is 0 Å². The Bertz CT molecular complexity index is 558. The van der Waals surface area contributed by atoms with Crippen LogP contribution in [0.3, 0.4) is 0 Å². The van der Waals surface area contributed by atoms with E-state index in [0.29, 0.717) is 13.0 Å². The molecule has 118 valence electrons. The zero-order valence-corrected chi connectivity index (χ0v) is 13.2. The van der Waals surface area contributed by atoms with Crippen LogP contribution >= 0.6 is 0 Å². The molecule has 5 nitrogen and oxygen atoms in total. The lowest BCUT2D eigenvalue weighted by molar-refractivity contribution is -0.136. The fraction of sp³-hybridized carbons (Fsp3) is 0.588. The van der Waals surface area contributed by atoms with Gasteiger partial charge in [-0.3, -0.25) is 14.6 Å². The maximum atomic E-state index is 12.9. The summed E-state index contributed by atoms with van der Waals surface area (Å²) in [4.78, 5) is 32.8. The molecule has 0 unspecified atom stereocenters. The van der Waals surface area contributed by atoms with E-state index in [1.54, 1.807) is 12.4 Å². The fourth-order valence-electron chi connectivity index (χ4n) is 3.59. The molecule has 3 rings (SSSR count). The second-order valence-corrected chi connectivity index (χ2v) is 6.51. The fourth-order valence-corrected chi connectivity index (χ4v) is 3.59.